The zero-order chi connectivity index (χ0) is 15.1. The molecule has 1 aliphatic carbocycles. The third kappa shape index (κ3) is 2.46. The summed E-state index contributed by atoms with van der Waals surface area (Å²) in [5.74, 6) is 1.98. The van der Waals surface area contributed by atoms with Crippen LogP contribution in [0.1, 0.15) is 57.3 Å². The first-order chi connectivity index (χ1) is 10.0. The van der Waals surface area contributed by atoms with Crippen LogP contribution in [0.3, 0.4) is 0 Å². The highest BCUT2D eigenvalue weighted by atomic mass is 35.5. The van der Waals surface area contributed by atoms with Gasteiger partial charge in [-0.1, -0.05) is 20.3 Å². The summed E-state index contributed by atoms with van der Waals surface area (Å²) >= 11 is 6.34. The van der Waals surface area contributed by atoms with Crippen LogP contribution in [0, 0.1) is 17.7 Å². The van der Waals surface area contributed by atoms with Gasteiger partial charge in [0.1, 0.15) is 11.6 Å². The predicted molar refractivity (Wildman–Crippen MR) is 85.2 cm³/mol. The number of rotatable bonds is 3. The van der Waals surface area contributed by atoms with Gasteiger partial charge in [0.25, 0.3) is 0 Å². The Balaban J connectivity index is 2.14. The molecule has 21 heavy (non-hydrogen) atoms. The van der Waals surface area contributed by atoms with Crippen molar-refractivity contribution in [3.8, 4) is 0 Å². The van der Waals surface area contributed by atoms with Gasteiger partial charge in [-0.05, 0) is 43.7 Å². The fourth-order valence-electron chi connectivity index (χ4n) is 3.88. The molecule has 1 fully saturated rings. The van der Waals surface area contributed by atoms with Crippen LogP contribution in [0.4, 0.5) is 4.39 Å². The van der Waals surface area contributed by atoms with Crippen molar-refractivity contribution in [2.24, 2.45) is 11.8 Å². The van der Waals surface area contributed by atoms with Crippen LogP contribution >= 0.6 is 11.6 Å². The molecule has 4 unspecified atom stereocenters. The summed E-state index contributed by atoms with van der Waals surface area (Å²) in [7, 11) is 0. The summed E-state index contributed by atoms with van der Waals surface area (Å²) in [6.45, 7) is 6.52. The summed E-state index contributed by atoms with van der Waals surface area (Å²) in [6, 6.07) is 5.28. The van der Waals surface area contributed by atoms with Gasteiger partial charge in [0.2, 0.25) is 0 Å². The Morgan fingerprint density at radius 2 is 2.19 bits per heavy atom. The molecule has 1 aromatic carbocycles. The molecule has 0 bridgehead atoms. The Labute approximate surface area is 130 Å². The SMILES string of the molecule is CCC1CCC(n2c(C(C)Cl)nc3cc(F)ccc32)C1C. The van der Waals surface area contributed by atoms with E-state index in [0.29, 0.717) is 17.5 Å². The van der Waals surface area contributed by atoms with E-state index in [1.807, 2.05) is 13.0 Å². The molecule has 4 heteroatoms. The number of alkyl halides is 1. The maximum absolute atomic E-state index is 13.5. The first-order valence-corrected chi connectivity index (χ1v) is 8.28. The number of fused-ring (bicyclic) bond motifs is 1. The lowest BCUT2D eigenvalue weighted by Crippen LogP contribution is -2.18. The molecule has 2 nitrogen and oxygen atoms in total. The number of aromatic nitrogens is 2. The summed E-state index contributed by atoms with van der Waals surface area (Å²) < 4.78 is 15.7. The van der Waals surface area contributed by atoms with Crippen molar-refractivity contribution in [3.63, 3.8) is 0 Å². The Kier molecular flexibility index (Phi) is 3.96. The van der Waals surface area contributed by atoms with E-state index in [9.17, 15) is 4.39 Å². The number of benzene rings is 1. The Morgan fingerprint density at radius 3 is 2.81 bits per heavy atom. The predicted octanol–water partition coefficient (Wildman–Crippen LogP) is 5.47. The zero-order valence-electron chi connectivity index (χ0n) is 12.8. The van der Waals surface area contributed by atoms with E-state index >= 15 is 0 Å². The smallest absolute Gasteiger partial charge is 0.127 e. The molecule has 2 aromatic rings. The van der Waals surface area contributed by atoms with Crippen LogP contribution in [0.25, 0.3) is 11.0 Å². The molecule has 114 valence electrons. The van der Waals surface area contributed by atoms with Crippen LogP contribution in [0.2, 0.25) is 0 Å². The standard InChI is InChI=1S/C17H22ClFN2/c1-4-12-5-7-15(10(12)2)21-16-8-6-13(19)9-14(16)20-17(21)11(3)18/h6,8-12,15H,4-5,7H2,1-3H3. The number of hydrogen-bond acceptors (Lipinski definition) is 1. The fourth-order valence-corrected chi connectivity index (χ4v) is 4.04. The van der Waals surface area contributed by atoms with Gasteiger partial charge < -0.3 is 4.57 Å². The van der Waals surface area contributed by atoms with Crippen molar-refractivity contribution in [3.05, 3.63) is 29.8 Å². The van der Waals surface area contributed by atoms with Gasteiger partial charge in [-0.15, -0.1) is 11.6 Å². The minimum atomic E-state index is -0.244. The number of imidazole rings is 1. The monoisotopic (exact) mass is 308 g/mol. The van der Waals surface area contributed by atoms with Crippen LogP contribution in [0.5, 0.6) is 0 Å². The highest BCUT2D eigenvalue weighted by Gasteiger charge is 2.35. The zero-order valence-corrected chi connectivity index (χ0v) is 13.6. The Morgan fingerprint density at radius 1 is 1.43 bits per heavy atom. The fraction of sp³-hybridized carbons (Fsp3) is 0.588. The van der Waals surface area contributed by atoms with Crippen molar-refractivity contribution in [2.45, 2.75) is 51.5 Å². The van der Waals surface area contributed by atoms with E-state index in [0.717, 1.165) is 23.7 Å². The molecule has 3 rings (SSSR count). The normalized spacial score (nSPS) is 27.4. The van der Waals surface area contributed by atoms with E-state index < -0.39 is 0 Å². The van der Waals surface area contributed by atoms with Crippen molar-refractivity contribution in [1.82, 2.24) is 9.55 Å². The molecular formula is C17H22ClFN2. The van der Waals surface area contributed by atoms with Crippen molar-refractivity contribution >= 4 is 22.6 Å². The van der Waals surface area contributed by atoms with E-state index in [2.05, 4.69) is 23.4 Å². The molecule has 1 saturated carbocycles. The van der Waals surface area contributed by atoms with Gasteiger partial charge in [-0.2, -0.15) is 0 Å². The highest BCUT2D eigenvalue weighted by molar-refractivity contribution is 6.20. The van der Waals surface area contributed by atoms with Gasteiger partial charge in [-0.25, -0.2) is 9.37 Å². The summed E-state index contributed by atoms with van der Waals surface area (Å²) in [4.78, 5) is 4.59. The molecule has 1 aromatic heterocycles. The second-order valence-corrected chi connectivity index (χ2v) is 6.92. The molecular weight excluding hydrogens is 287 g/mol. The Bertz CT molecular complexity index is 650. The molecule has 0 spiro atoms. The van der Waals surface area contributed by atoms with Gasteiger partial charge >= 0.3 is 0 Å². The molecule has 0 amide bonds. The maximum Gasteiger partial charge on any atom is 0.127 e. The van der Waals surface area contributed by atoms with Crippen LogP contribution in [-0.2, 0) is 0 Å². The molecule has 0 N–H and O–H groups in total. The molecule has 1 aliphatic rings. The molecule has 0 saturated heterocycles. The molecule has 1 heterocycles. The second kappa shape index (κ2) is 5.60. The average Bonchev–Trinajstić information content (AvgIpc) is 2.98. The van der Waals surface area contributed by atoms with Crippen LogP contribution < -0.4 is 0 Å². The third-order valence-electron chi connectivity index (χ3n) is 5.07. The van der Waals surface area contributed by atoms with E-state index in [1.54, 1.807) is 0 Å². The lowest BCUT2D eigenvalue weighted by atomic mass is 9.93. The first-order valence-electron chi connectivity index (χ1n) is 7.84. The van der Waals surface area contributed by atoms with E-state index in [-0.39, 0.29) is 11.2 Å². The van der Waals surface area contributed by atoms with E-state index in [1.165, 1.54) is 25.0 Å². The number of hydrogen-bond donors (Lipinski definition) is 0. The topological polar surface area (TPSA) is 17.8 Å². The van der Waals surface area contributed by atoms with E-state index in [4.69, 9.17) is 11.6 Å². The summed E-state index contributed by atoms with van der Waals surface area (Å²) in [6.07, 6.45) is 3.61. The van der Waals surface area contributed by atoms with Gasteiger partial charge in [-0.3, -0.25) is 0 Å². The molecule has 0 aliphatic heterocycles. The molecule has 0 radical (unpaired) electrons. The first kappa shape index (κ1) is 14.8. The summed E-state index contributed by atoms with van der Waals surface area (Å²) in [5.41, 5.74) is 1.72. The lowest BCUT2D eigenvalue weighted by molar-refractivity contribution is 0.329. The van der Waals surface area contributed by atoms with Gasteiger partial charge in [0.05, 0.1) is 16.4 Å². The summed E-state index contributed by atoms with van der Waals surface area (Å²) in [5, 5.41) is -0.173. The van der Waals surface area contributed by atoms with Crippen molar-refractivity contribution in [1.29, 1.82) is 0 Å². The maximum atomic E-state index is 13.5. The van der Waals surface area contributed by atoms with Gasteiger partial charge in [0, 0.05) is 12.1 Å². The largest absolute Gasteiger partial charge is 0.323 e. The van der Waals surface area contributed by atoms with Gasteiger partial charge in [0.15, 0.2) is 0 Å². The van der Waals surface area contributed by atoms with Crippen molar-refractivity contribution in [2.75, 3.05) is 0 Å². The minimum Gasteiger partial charge on any atom is -0.323 e. The van der Waals surface area contributed by atoms with Crippen molar-refractivity contribution < 1.29 is 4.39 Å². The number of nitrogens with zero attached hydrogens (tertiary/aromatic N) is 2. The van der Waals surface area contributed by atoms with Crippen LogP contribution in [0.15, 0.2) is 18.2 Å². The molecule has 4 atom stereocenters. The third-order valence-corrected chi connectivity index (χ3v) is 5.27. The quantitative estimate of drug-likeness (QED) is 0.687. The Hall–Kier alpha value is -1.09. The lowest BCUT2D eigenvalue weighted by Gasteiger charge is -2.24. The number of halogens is 2. The second-order valence-electron chi connectivity index (χ2n) is 6.26. The van der Waals surface area contributed by atoms with Crippen LogP contribution in [-0.4, -0.2) is 9.55 Å². The highest BCUT2D eigenvalue weighted by Crippen LogP contribution is 2.44. The minimum absolute atomic E-state index is 0.173. The average molecular weight is 309 g/mol.